The molecule has 0 N–H and O–H groups in total. The van der Waals surface area contributed by atoms with Gasteiger partial charge in [0.15, 0.2) is 11.6 Å². The molecule has 1 saturated carbocycles. The van der Waals surface area contributed by atoms with Crippen molar-refractivity contribution in [3.8, 4) is 5.75 Å². The van der Waals surface area contributed by atoms with Gasteiger partial charge in [0.1, 0.15) is 0 Å². The summed E-state index contributed by atoms with van der Waals surface area (Å²) in [6, 6.07) is 1.90. The van der Waals surface area contributed by atoms with Crippen LogP contribution in [0.25, 0.3) is 0 Å². The second-order valence-electron chi connectivity index (χ2n) is 8.41. The summed E-state index contributed by atoms with van der Waals surface area (Å²) in [5.41, 5.74) is 0.373. The SMILES string of the molecule is CCCC=CCCCCC1CCC(CCc2cc(F)c(OC(F)(F)F)c(F)c2)CC1. The fourth-order valence-corrected chi connectivity index (χ4v) is 4.25. The zero-order chi connectivity index (χ0) is 22.0. The molecule has 6 heteroatoms. The summed E-state index contributed by atoms with van der Waals surface area (Å²) in [5.74, 6) is -2.72. The molecule has 30 heavy (non-hydrogen) atoms. The second-order valence-corrected chi connectivity index (χ2v) is 8.41. The van der Waals surface area contributed by atoms with Crippen molar-refractivity contribution in [1.82, 2.24) is 0 Å². The van der Waals surface area contributed by atoms with Crippen molar-refractivity contribution in [2.24, 2.45) is 11.8 Å². The summed E-state index contributed by atoms with van der Waals surface area (Å²) in [7, 11) is 0. The number of allylic oxidation sites excluding steroid dienone is 2. The summed E-state index contributed by atoms with van der Waals surface area (Å²) >= 11 is 0. The zero-order valence-electron chi connectivity index (χ0n) is 17.7. The number of halogens is 5. The molecule has 0 spiro atoms. The average molecular weight is 433 g/mol. The molecule has 1 aromatic rings. The Kier molecular flexibility index (Phi) is 10.1. The van der Waals surface area contributed by atoms with E-state index in [2.05, 4.69) is 23.8 Å². The maximum Gasteiger partial charge on any atom is 0.573 e. The van der Waals surface area contributed by atoms with E-state index in [9.17, 15) is 22.0 Å². The Balaban J connectivity index is 1.68. The van der Waals surface area contributed by atoms with E-state index in [4.69, 9.17) is 0 Å². The van der Waals surface area contributed by atoms with Crippen LogP contribution in [0.15, 0.2) is 24.3 Å². The summed E-state index contributed by atoms with van der Waals surface area (Å²) in [4.78, 5) is 0. The van der Waals surface area contributed by atoms with E-state index in [0.29, 0.717) is 17.9 Å². The van der Waals surface area contributed by atoms with Gasteiger partial charge in [-0.15, -0.1) is 13.2 Å². The Morgan fingerprint density at radius 3 is 2.03 bits per heavy atom. The van der Waals surface area contributed by atoms with Gasteiger partial charge in [-0.2, -0.15) is 0 Å². The third-order valence-electron chi connectivity index (χ3n) is 5.94. The molecule has 1 aliphatic carbocycles. The number of benzene rings is 1. The van der Waals surface area contributed by atoms with E-state index in [1.165, 1.54) is 38.5 Å². The fourth-order valence-electron chi connectivity index (χ4n) is 4.25. The highest BCUT2D eigenvalue weighted by atomic mass is 19.4. The van der Waals surface area contributed by atoms with Gasteiger partial charge < -0.3 is 4.74 Å². The first-order chi connectivity index (χ1) is 14.3. The van der Waals surface area contributed by atoms with Crippen LogP contribution in [-0.2, 0) is 6.42 Å². The number of rotatable bonds is 11. The molecule has 0 unspecified atom stereocenters. The van der Waals surface area contributed by atoms with Gasteiger partial charge in [0.2, 0.25) is 5.75 Å². The highest BCUT2D eigenvalue weighted by Crippen LogP contribution is 2.35. The number of hydrogen-bond donors (Lipinski definition) is 0. The van der Waals surface area contributed by atoms with Crippen molar-refractivity contribution in [3.63, 3.8) is 0 Å². The van der Waals surface area contributed by atoms with Crippen molar-refractivity contribution in [2.45, 2.75) is 90.3 Å². The topological polar surface area (TPSA) is 9.23 Å². The highest BCUT2D eigenvalue weighted by Gasteiger charge is 2.34. The highest BCUT2D eigenvalue weighted by molar-refractivity contribution is 5.31. The number of ether oxygens (including phenoxy) is 1. The van der Waals surface area contributed by atoms with E-state index >= 15 is 0 Å². The third-order valence-corrected chi connectivity index (χ3v) is 5.94. The van der Waals surface area contributed by atoms with Crippen molar-refractivity contribution in [2.75, 3.05) is 0 Å². The van der Waals surface area contributed by atoms with Crippen LogP contribution in [0, 0.1) is 23.5 Å². The number of unbranched alkanes of at least 4 members (excludes halogenated alkanes) is 3. The Morgan fingerprint density at radius 1 is 0.900 bits per heavy atom. The molecule has 1 nitrogen and oxygen atoms in total. The largest absolute Gasteiger partial charge is 0.573 e. The van der Waals surface area contributed by atoms with Gasteiger partial charge in [-0.1, -0.05) is 64.0 Å². The van der Waals surface area contributed by atoms with Crippen LogP contribution < -0.4 is 4.74 Å². The minimum absolute atomic E-state index is 0.373. The lowest BCUT2D eigenvalue weighted by Gasteiger charge is -2.28. The Bertz CT molecular complexity index is 637. The number of hydrogen-bond acceptors (Lipinski definition) is 1. The maximum absolute atomic E-state index is 13.8. The van der Waals surface area contributed by atoms with Gasteiger partial charge in [0.05, 0.1) is 0 Å². The van der Waals surface area contributed by atoms with Crippen LogP contribution in [-0.4, -0.2) is 6.36 Å². The monoisotopic (exact) mass is 432 g/mol. The Hall–Kier alpha value is -1.59. The van der Waals surface area contributed by atoms with Gasteiger partial charge in [-0.05, 0) is 61.6 Å². The lowest BCUT2D eigenvalue weighted by Crippen LogP contribution is -2.19. The van der Waals surface area contributed by atoms with Gasteiger partial charge in [0.25, 0.3) is 0 Å². The smallest absolute Gasteiger partial charge is 0.399 e. The van der Waals surface area contributed by atoms with Crippen LogP contribution >= 0.6 is 0 Å². The van der Waals surface area contributed by atoms with Crippen LogP contribution in [0.4, 0.5) is 22.0 Å². The molecule has 0 amide bonds. The molecule has 0 heterocycles. The minimum Gasteiger partial charge on any atom is -0.399 e. The lowest BCUT2D eigenvalue weighted by molar-refractivity contribution is -0.276. The molecule has 0 radical (unpaired) electrons. The predicted molar refractivity (Wildman–Crippen MR) is 109 cm³/mol. The molecule has 1 fully saturated rings. The van der Waals surface area contributed by atoms with Gasteiger partial charge in [-0.25, -0.2) is 8.78 Å². The van der Waals surface area contributed by atoms with Crippen molar-refractivity contribution < 1.29 is 26.7 Å². The van der Waals surface area contributed by atoms with Crippen molar-refractivity contribution >= 4 is 0 Å². The van der Waals surface area contributed by atoms with Crippen molar-refractivity contribution in [1.29, 1.82) is 0 Å². The predicted octanol–water partition coefficient (Wildman–Crippen LogP) is 8.52. The summed E-state index contributed by atoms with van der Waals surface area (Å²) in [6.07, 6.45) is 12.6. The zero-order valence-corrected chi connectivity index (χ0v) is 17.7. The second kappa shape index (κ2) is 12.3. The summed E-state index contributed by atoms with van der Waals surface area (Å²) in [6.45, 7) is 2.18. The van der Waals surface area contributed by atoms with Crippen LogP contribution in [0.5, 0.6) is 5.75 Å². The molecule has 0 aliphatic heterocycles. The van der Waals surface area contributed by atoms with E-state index < -0.39 is 23.7 Å². The molecule has 0 bridgehead atoms. The van der Waals surface area contributed by atoms with Crippen LogP contribution in [0.2, 0.25) is 0 Å². The first kappa shape index (κ1) is 24.7. The van der Waals surface area contributed by atoms with Crippen LogP contribution in [0.1, 0.15) is 83.1 Å². The Labute approximate surface area is 176 Å². The van der Waals surface area contributed by atoms with Crippen molar-refractivity contribution in [3.05, 3.63) is 41.5 Å². The molecule has 0 atom stereocenters. The lowest BCUT2D eigenvalue weighted by atomic mass is 9.78. The molecule has 2 rings (SSSR count). The van der Waals surface area contributed by atoms with E-state index in [1.54, 1.807) is 0 Å². The van der Waals surface area contributed by atoms with Gasteiger partial charge in [0, 0.05) is 0 Å². The number of alkyl halides is 3. The van der Waals surface area contributed by atoms with E-state index in [-0.39, 0.29) is 0 Å². The fraction of sp³-hybridized carbons (Fsp3) is 0.667. The molecular formula is C24H33F5O. The van der Waals surface area contributed by atoms with E-state index in [1.807, 2.05) is 0 Å². The first-order valence-electron chi connectivity index (χ1n) is 11.2. The third kappa shape index (κ3) is 9.05. The number of aryl methyl sites for hydroxylation is 1. The van der Waals surface area contributed by atoms with Gasteiger partial charge >= 0.3 is 6.36 Å². The maximum atomic E-state index is 13.8. The van der Waals surface area contributed by atoms with Crippen LogP contribution in [0.3, 0.4) is 0 Å². The van der Waals surface area contributed by atoms with E-state index in [0.717, 1.165) is 50.2 Å². The quantitative estimate of drug-likeness (QED) is 0.193. The molecule has 170 valence electrons. The Morgan fingerprint density at radius 2 is 1.47 bits per heavy atom. The molecule has 0 saturated heterocycles. The molecule has 1 aliphatic rings. The normalized spacial score (nSPS) is 20.1. The minimum atomic E-state index is -5.12. The molecule has 0 aromatic heterocycles. The average Bonchev–Trinajstić information content (AvgIpc) is 2.69. The summed E-state index contributed by atoms with van der Waals surface area (Å²) in [5, 5.41) is 0. The molecule has 1 aromatic carbocycles. The van der Waals surface area contributed by atoms with Gasteiger partial charge in [-0.3, -0.25) is 0 Å². The first-order valence-corrected chi connectivity index (χ1v) is 11.2. The standard InChI is InChI=1S/C24H33F5O/c1-2-3-4-5-6-7-8-9-18-10-12-19(13-11-18)14-15-20-16-21(25)23(22(26)17-20)30-24(27,28)29/h4-5,16-19H,2-3,6-15H2,1H3. The molecular weight excluding hydrogens is 399 g/mol. The summed E-state index contributed by atoms with van der Waals surface area (Å²) < 4.78 is 67.8.